The van der Waals surface area contributed by atoms with Crippen molar-refractivity contribution in [1.29, 1.82) is 5.26 Å². The zero-order valence-electron chi connectivity index (χ0n) is 12.0. The zero-order chi connectivity index (χ0) is 15.2. The molecule has 2 atom stereocenters. The average molecular weight is 276 g/mol. The van der Waals surface area contributed by atoms with Crippen LogP contribution in [0.25, 0.3) is 0 Å². The Bertz CT molecular complexity index is 494. The Labute approximate surface area is 119 Å². The van der Waals surface area contributed by atoms with Crippen molar-refractivity contribution in [2.24, 2.45) is 0 Å². The van der Waals surface area contributed by atoms with Crippen molar-refractivity contribution in [2.75, 3.05) is 13.7 Å². The fourth-order valence-corrected chi connectivity index (χ4v) is 1.95. The minimum atomic E-state index is -1.28. The van der Waals surface area contributed by atoms with E-state index in [9.17, 15) is 9.90 Å². The summed E-state index contributed by atoms with van der Waals surface area (Å²) in [6.45, 7) is 3.23. The maximum Gasteiger partial charge on any atom is 0.224 e. The lowest BCUT2D eigenvalue weighted by Gasteiger charge is -2.27. The van der Waals surface area contributed by atoms with Gasteiger partial charge in [0.2, 0.25) is 5.91 Å². The molecule has 5 nitrogen and oxygen atoms in total. The normalized spacial score (nSPS) is 16.6. The Morgan fingerprint density at radius 2 is 2.00 bits per heavy atom. The van der Waals surface area contributed by atoms with Crippen LogP contribution in [0.5, 0.6) is 0 Å². The third-order valence-electron chi connectivity index (χ3n) is 3.00. The second-order valence-electron chi connectivity index (χ2n) is 5.24. The molecule has 0 bridgehead atoms. The molecule has 0 saturated carbocycles. The number of carbonyl (C=O) groups excluding carboxylic acids is 1. The second kappa shape index (κ2) is 6.51. The highest BCUT2D eigenvalue weighted by atomic mass is 16.5. The van der Waals surface area contributed by atoms with E-state index in [0.717, 1.165) is 0 Å². The van der Waals surface area contributed by atoms with Crippen LogP contribution in [0.3, 0.4) is 0 Å². The van der Waals surface area contributed by atoms with Crippen molar-refractivity contribution in [2.45, 2.75) is 31.4 Å². The molecule has 20 heavy (non-hydrogen) atoms. The molecule has 0 radical (unpaired) electrons. The number of hydrogen-bond donors (Lipinski definition) is 2. The van der Waals surface area contributed by atoms with Gasteiger partial charge in [-0.15, -0.1) is 0 Å². The number of nitrogens with zero attached hydrogens (tertiary/aromatic N) is 1. The highest BCUT2D eigenvalue weighted by Crippen LogP contribution is 2.24. The third kappa shape index (κ3) is 4.34. The van der Waals surface area contributed by atoms with Crippen molar-refractivity contribution in [3.8, 4) is 6.07 Å². The predicted octanol–water partition coefficient (Wildman–Crippen LogP) is 1.33. The number of hydrogen-bond acceptors (Lipinski definition) is 4. The molecule has 0 heterocycles. The molecule has 1 aromatic rings. The van der Waals surface area contributed by atoms with E-state index in [1.165, 1.54) is 7.11 Å². The van der Waals surface area contributed by atoms with Crippen molar-refractivity contribution < 1.29 is 14.6 Å². The highest BCUT2D eigenvalue weighted by molar-refractivity contribution is 5.78. The molecule has 0 spiro atoms. The number of aliphatic hydroxyl groups is 1. The molecular weight excluding hydrogens is 256 g/mol. The minimum Gasteiger partial charge on any atom is -0.385 e. The monoisotopic (exact) mass is 276 g/mol. The van der Waals surface area contributed by atoms with Gasteiger partial charge in [-0.1, -0.05) is 30.3 Å². The molecule has 1 aromatic carbocycles. The van der Waals surface area contributed by atoms with E-state index >= 15 is 0 Å². The SMILES string of the molecule is COCC(C)(C#N)NC(=O)CC(C)(O)c1ccccc1. The lowest BCUT2D eigenvalue weighted by atomic mass is 9.91. The van der Waals surface area contributed by atoms with E-state index in [1.54, 1.807) is 38.1 Å². The van der Waals surface area contributed by atoms with Crippen LogP contribution in [-0.4, -0.2) is 30.3 Å². The van der Waals surface area contributed by atoms with Crippen LogP contribution in [-0.2, 0) is 15.1 Å². The highest BCUT2D eigenvalue weighted by Gasteiger charge is 2.31. The number of ether oxygens (including phenoxy) is 1. The molecule has 0 aliphatic carbocycles. The smallest absolute Gasteiger partial charge is 0.224 e. The lowest BCUT2D eigenvalue weighted by molar-refractivity contribution is -0.127. The zero-order valence-corrected chi connectivity index (χ0v) is 12.0. The molecule has 0 aromatic heterocycles. The van der Waals surface area contributed by atoms with E-state index < -0.39 is 17.0 Å². The van der Waals surface area contributed by atoms with Gasteiger partial charge in [0.1, 0.15) is 5.54 Å². The average Bonchev–Trinajstić information content (AvgIpc) is 2.39. The number of nitriles is 1. The van der Waals surface area contributed by atoms with Gasteiger partial charge in [0.05, 0.1) is 24.7 Å². The van der Waals surface area contributed by atoms with Crippen LogP contribution in [0.15, 0.2) is 30.3 Å². The van der Waals surface area contributed by atoms with Crippen molar-refractivity contribution in [3.63, 3.8) is 0 Å². The standard InChI is InChI=1S/C15H20N2O3/c1-14(10-16,11-20-3)17-13(18)9-15(2,19)12-7-5-4-6-8-12/h4-8,19H,9,11H2,1-3H3,(H,17,18). The summed E-state index contributed by atoms with van der Waals surface area (Å²) in [4.78, 5) is 12.0. The first-order valence-corrected chi connectivity index (χ1v) is 6.32. The molecule has 1 rings (SSSR count). The van der Waals surface area contributed by atoms with Gasteiger partial charge in [0, 0.05) is 7.11 Å². The fraction of sp³-hybridized carbons (Fsp3) is 0.467. The largest absolute Gasteiger partial charge is 0.385 e. The number of amides is 1. The number of rotatable bonds is 6. The number of benzene rings is 1. The Morgan fingerprint density at radius 3 is 2.50 bits per heavy atom. The Morgan fingerprint density at radius 1 is 1.40 bits per heavy atom. The van der Waals surface area contributed by atoms with Gasteiger partial charge in [-0.3, -0.25) is 4.79 Å². The first-order valence-electron chi connectivity index (χ1n) is 6.32. The molecule has 0 fully saturated rings. The van der Waals surface area contributed by atoms with E-state index in [2.05, 4.69) is 5.32 Å². The summed E-state index contributed by atoms with van der Waals surface area (Å²) in [6, 6.07) is 10.9. The maximum absolute atomic E-state index is 12.0. The first-order chi connectivity index (χ1) is 9.33. The minimum absolute atomic E-state index is 0.0860. The Kier molecular flexibility index (Phi) is 5.26. The number of carbonyl (C=O) groups is 1. The van der Waals surface area contributed by atoms with Crippen LogP contribution in [0.1, 0.15) is 25.8 Å². The number of methoxy groups -OCH3 is 1. The van der Waals surface area contributed by atoms with Gasteiger partial charge in [-0.05, 0) is 19.4 Å². The first kappa shape index (κ1) is 16.2. The summed E-state index contributed by atoms with van der Waals surface area (Å²) >= 11 is 0. The van der Waals surface area contributed by atoms with Crippen LogP contribution in [0.4, 0.5) is 0 Å². The van der Waals surface area contributed by atoms with Gasteiger partial charge < -0.3 is 15.2 Å². The van der Waals surface area contributed by atoms with Gasteiger partial charge in [-0.2, -0.15) is 5.26 Å². The van der Waals surface area contributed by atoms with Crippen molar-refractivity contribution in [1.82, 2.24) is 5.32 Å². The summed E-state index contributed by atoms with van der Waals surface area (Å²) in [7, 11) is 1.46. The summed E-state index contributed by atoms with van der Waals surface area (Å²) in [5.41, 5.74) is -1.73. The summed E-state index contributed by atoms with van der Waals surface area (Å²) in [6.07, 6.45) is -0.127. The van der Waals surface area contributed by atoms with Crippen molar-refractivity contribution in [3.05, 3.63) is 35.9 Å². The second-order valence-corrected chi connectivity index (χ2v) is 5.24. The van der Waals surface area contributed by atoms with Gasteiger partial charge >= 0.3 is 0 Å². The molecule has 108 valence electrons. The predicted molar refractivity (Wildman–Crippen MR) is 74.7 cm³/mol. The molecule has 0 saturated heterocycles. The summed E-state index contributed by atoms with van der Waals surface area (Å²) in [5, 5.41) is 22.0. The van der Waals surface area contributed by atoms with Crippen LogP contribution < -0.4 is 5.32 Å². The quantitative estimate of drug-likeness (QED) is 0.821. The maximum atomic E-state index is 12.0. The fourth-order valence-electron chi connectivity index (χ4n) is 1.95. The van der Waals surface area contributed by atoms with E-state index in [0.29, 0.717) is 5.56 Å². The lowest BCUT2D eigenvalue weighted by Crippen LogP contribution is -2.49. The Hall–Kier alpha value is -1.90. The third-order valence-corrected chi connectivity index (χ3v) is 3.00. The van der Waals surface area contributed by atoms with Crippen molar-refractivity contribution >= 4 is 5.91 Å². The summed E-state index contributed by atoms with van der Waals surface area (Å²) < 4.78 is 4.91. The summed E-state index contributed by atoms with van der Waals surface area (Å²) in [5.74, 6) is -0.403. The van der Waals surface area contributed by atoms with Gasteiger partial charge in [-0.25, -0.2) is 0 Å². The van der Waals surface area contributed by atoms with Gasteiger partial charge in [0.15, 0.2) is 0 Å². The van der Waals surface area contributed by atoms with E-state index in [4.69, 9.17) is 10.00 Å². The Balaban J connectivity index is 2.74. The molecule has 2 N–H and O–H groups in total. The van der Waals surface area contributed by atoms with Gasteiger partial charge in [0.25, 0.3) is 0 Å². The van der Waals surface area contributed by atoms with Crippen LogP contribution in [0, 0.1) is 11.3 Å². The van der Waals surface area contributed by atoms with E-state index in [1.807, 2.05) is 12.1 Å². The van der Waals surface area contributed by atoms with Crippen LogP contribution in [0.2, 0.25) is 0 Å². The topological polar surface area (TPSA) is 82.3 Å². The molecule has 5 heteroatoms. The van der Waals surface area contributed by atoms with Crippen LogP contribution >= 0.6 is 0 Å². The molecule has 2 unspecified atom stereocenters. The molecule has 1 amide bonds. The van der Waals surface area contributed by atoms with E-state index in [-0.39, 0.29) is 13.0 Å². The molecule has 0 aliphatic heterocycles. The number of nitrogens with one attached hydrogen (secondary N) is 1. The molecular formula is C15H20N2O3. The molecule has 0 aliphatic rings.